The van der Waals surface area contributed by atoms with Crippen molar-refractivity contribution in [2.45, 2.75) is 0 Å². The van der Waals surface area contributed by atoms with Crippen LogP contribution in [-0.4, -0.2) is 26.0 Å². The highest BCUT2D eigenvalue weighted by molar-refractivity contribution is 5.89. The van der Waals surface area contributed by atoms with Crippen LogP contribution in [0.4, 0.5) is 5.82 Å². The molecular weight excluding hydrogens is 242 g/mol. The van der Waals surface area contributed by atoms with Gasteiger partial charge in [0.1, 0.15) is 11.5 Å². The van der Waals surface area contributed by atoms with E-state index < -0.39 is 0 Å². The summed E-state index contributed by atoms with van der Waals surface area (Å²) in [6.07, 6.45) is 5.78. The summed E-state index contributed by atoms with van der Waals surface area (Å²) in [5.41, 5.74) is 7.55. The van der Waals surface area contributed by atoms with E-state index in [0.717, 1.165) is 17.1 Å². The number of carbonyl (C=O) groups is 1. The van der Waals surface area contributed by atoms with Crippen molar-refractivity contribution in [1.82, 2.24) is 19.7 Å². The topological polar surface area (TPSA) is 86.7 Å². The Hall–Kier alpha value is -2.76. The molecule has 0 bridgehead atoms. The van der Waals surface area contributed by atoms with E-state index in [4.69, 9.17) is 5.73 Å². The van der Waals surface area contributed by atoms with Gasteiger partial charge < -0.3 is 5.73 Å². The first-order chi connectivity index (χ1) is 9.19. The van der Waals surface area contributed by atoms with Gasteiger partial charge in [-0.3, -0.25) is 14.5 Å². The average molecular weight is 253 g/mol. The number of hydrogen-bond acceptors (Lipinski definition) is 5. The Bertz CT molecular complexity index is 778. The molecule has 6 nitrogen and oxygen atoms in total. The molecule has 0 unspecified atom stereocenters. The van der Waals surface area contributed by atoms with Gasteiger partial charge in [0.25, 0.3) is 0 Å². The molecule has 0 aliphatic heterocycles. The minimum absolute atomic E-state index is 0.450. The van der Waals surface area contributed by atoms with Crippen LogP contribution in [0, 0.1) is 0 Å². The predicted octanol–water partition coefficient (Wildman–Crippen LogP) is 1.42. The van der Waals surface area contributed by atoms with Crippen LogP contribution in [0.5, 0.6) is 0 Å². The number of nitrogen functional groups attached to an aromatic ring is 1. The van der Waals surface area contributed by atoms with Gasteiger partial charge >= 0.3 is 0 Å². The number of aromatic nitrogens is 4. The number of hydrogen-bond donors (Lipinski definition) is 1. The maximum Gasteiger partial charge on any atom is 0.168 e. The molecule has 0 amide bonds. The van der Waals surface area contributed by atoms with Crippen LogP contribution in [-0.2, 0) is 7.05 Å². The van der Waals surface area contributed by atoms with Crippen LogP contribution in [0.25, 0.3) is 22.0 Å². The number of anilines is 1. The van der Waals surface area contributed by atoms with Gasteiger partial charge in [-0.15, -0.1) is 0 Å². The lowest BCUT2D eigenvalue weighted by Crippen LogP contribution is -1.97. The molecule has 6 heteroatoms. The van der Waals surface area contributed by atoms with Gasteiger partial charge in [-0.25, -0.2) is 4.98 Å². The van der Waals surface area contributed by atoms with E-state index in [0.29, 0.717) is 22.8 Å². The monoisotopic (exact) mass is 253 g/mol. The normalized spacial score (nSPS) is 10.8. The van der Waals surface area contributed by atoms with Crippen LogP contribution < -0.4 is 5.73 Å². The summed E-state index contributed by atoms with van der Waals surface area (Å²) in [6.45, 7) is 0. The highest BCUT2D eigenvalue weighted by Crippen LogP contribution is 2.24. The average Bonchev–Trinajstić information content (AvgIpc) is 2.79. The van der Waals surface area contributed by atoms with Crippen molar-refractivity contribution in [2.24, 2.45) is 7.05 Å². The molecule has 0 radical (unpaired) electrons. The van der Waals surface area contributed by atoms with Crippen LogP contribution >= 0.6 is 0 Å². The van der Waals surface area contributed by atoms with Crippen molar-refractivity contribution in [3.05, 3.63) is 36.4 Å². The Morgan fingerprint density at radius 3 is 2.74 bits per heavy atom. The number of rotatable bonds is 2. The molecule has 3 rings (SSSR count). The zero-order valence-electron chi connectivity index (χ0n) is 10.2. The summed E-state index contributed by atoms with van der Waals surface area (Å²) in [7, 11) is 1.72. The molecule has 19 heavy (non-hydrogen) atoms. The van der Waals surface area contributed by atoms with Gasteiger partial charge in [0.2, 0.25) is 0 Å². The van der Waals surface area contributed by atoms with Crippen molar-refractivity contribution in [3.63, 3.8) is 0 Å². The van der Waals surface area contributed by atoms with E-state index in [1.165, 1.54) is 4.68 Å². The van der Waals surface area contributed by atoms with Gasteiger partial charge in [0, 0.05) is 30.4 Å². The fourth-order valence-electron chi connectivity index (χ4n) is 1.99. The van der Waals surface area contributed by atoms with Crippen molar-refractivity contribution in [1.29, 1.82) is 0 Å². The van der Waals surface area contributed by atoms with Gasteiger partial charge in [0.05, 0.1) is 11.9 Å². The first-order valence-electron chi connectivity index (χ1n) is 5.68. The number of carbonyl (C=O) groups excluding carboxylic acids is 1. The molecule has 3 aromatic heterocycles. The highest BCUT2D eigenvalue weighted by atomic mass is 16.1. The number of fused-ring (bicyclic) bond motifs is 1. The molecule has 0 saturated carbocycles. The van der Waals surface area contributed by atoms with Gasteiger partial charge in [-0.2, -0.15) is 5.10 Å². The zero-order chi connectivity index (χ0) is 13.4. The predicted molar refractivity (Wildman–Crippen MR) is 71.5 cm³/mol. The van der Waals surface area contributed by atoms with E-state index in [1.807, 2.05) is 6.07 Å². The van der Waals surface area contributed by atoms with Gasteiger partial charge in [-0.1, -0.05) is 0 Å². The van der Waals surface area contributed by atoms with Gasteiger partial charge in [0.15, 0.2) is 6.29 Å². The van der Waals surface area contributed by atoms with Gasteiger partial charge in [-0.05, 0) is 17.5 Å². The molecular formula is C13H11N5O. The highest BCUT2D eigenvalue weighted by Gasteiger charge is 2.11. The quantitative estimate of drug-likeness (QED) is 0.698. The Kier molecular flexibility index (Phi) is 2.49. The summed E-state index contributed by atoms with van der Waals surface area (Å²) >= 11 is 0. The summed E-state index contributed by atoms with van der Waals surface area (Å²) in [5, 5.41) is 5.90. The fourth-order valence-corrected chi connectivity index (χ4v) is 1.99. The standard InChI is InChI=1S/C13H11N5O/c1-18-12(7-19)10(6-17-18)11-2-8-3-13(14)16-5-9(8)4-15-11/h2-7H,1H3,(H2,14,16). The summed E-state index contributed by atoms with van der Waals surface area (Å²) < 4.78 is 1.52. The van der Waals surface area contributed by atoms with Crippen LogP contribution in [0.15, 0.2) is 30.7 Å². The molecule has 94 valence electrons. The van der Waals surface area contributed by atoms with E-state index in [9.17, 15) is 4.79 Å². The third-order valence-electron chi connectivity index (χ3n) is 3.00. The lowest BCUT2D eigenvalue weighted by atomic mass is 10.1. The van der Waals surface area contributed by atoms with Crippen molar-refractivity contribution in [3.8, 4) is 11.3 Å². The maximum absolute atomic E-state index is 11.1. The minimum atomic E-state index is 0.450. The van der Waals surface area contributed by atoms with Crippen LogP contribution in [0.2, 0.25) is 0 Å². The Morgan fingerprint density at radius 2 is 1.95 bits per heavy atom. The number of nitrogens with zero attached hydrogens (tertiary/aromatic N) is 4. The molecule has 0 aromatic carbocycles. The van der Waals surface area contributed by atoms with Crippen molar-refractivity contribution >= 4 is 22.9 Å². The number of aldehydes is 1. The lowest BCUT2D eigenvalue weighted by Gasteiger charge is -2.03. The summed E-state index contributed by atoms with van der Waals surface area (Å²) in [6, 6.07) is 3.65. The largest absolute Gasteiger partial charge is 0.384 e. The van der Waals surface area contributed by atoms with E-state index in [2.05, 4.69) is 15.1 Å². The van der Waals surface area contributed by atoms with E-state index in [-0.39, 0.29) is 0 Å². The minimum Gasteiger partial charge on any atom is -0.384 e. The first-order valence-corrected chi connectivity index (χ1v) is 5.68. The summed E-state index contributed by atoms with van der Waals surface area (Å²) in [5.74, 6) is 0.450. The Labute approximate surface area is 108 Å². The smallest absolute Gasteiger partial charge is 0.168 e. The second kappa shape index (κ2) is 4.16. The Morgan fingerprint density at radius 1 is 1.16 bits per heavy atom. The molecule has 0 fully saturated rings. The molecule has 0 saturated heterocycles. The SMILES string of the molecule is Cn1ncc(-c2cc3cc(N)ncc3cn2)c1C=O. The second-order valence-electron chi connectivity index (χ2n) is 4.21. The van der Waals surface area contributed by atoms with E-state index in [1.54, 1.807) is 31.7 Å². The number of nitrogens with two attached hydrogens (primary N) is 1. The lowest BCUT2D eigenvalue weighted by molar-refractivity contribution is 0.111. The maximum atomic E-state index is 11.1. The van der Waals surface area contributed by atoms with Crippen LogP contribution in [0.3, 0.4) is 0 Å². The molecule has 3 heterocycles. The fraction of sp³-hybridized carbons (Fsp3) is 0.0769. The molecule has 3 aromatic rings. The van der Waals surface area contributed by atoms with Crippen molar-refractivity contribution in [2.75, 3.05) is 5.73 Å². The number of pyridine rings is 2. The third-order valence-corrected chi connectivity index (χ3v) is 3.00. The molecule has 0 spiro atoms. The van der Waals surface area contributed by atoms with Crippen LogP contribution in [0.1, 0.15) is 10.5 Å². The molecule has 0 aliphatic rings. The van der Waals surface area contributed by atoms with Crippen molar-refractivity contribution < 1.29 is 4.79 Å². The first kappa shape index (κ1) is 11.3. The third kappa shape index (κ3) is 1.83. The Balaban J connectivity index is 2.22. The zero-order valence-corrected chi connectivity index (χ0v) is 10.2. The molecule has 2 N–H and O–H groups in total. The number of aryl methyl sites for hydroxylation is 1. The summed E-state index contributed by atoms with van der Waals surface area (Å²) in [4.78, 5) is 19.4. The second-order valence-corrected chi connectivity index (χ2v) is 4.21. The van der Waals surface area contributed by atoms with E-state index >= 15 is 0 Å². The molecule has 0 aliphatic carbocycles. The molecule has 0 atom stereocenters.